The second kappa shape index (κ2) is 5.51. The molecule has 0 saturated heterocycles. The minimum absolute atomic E-state index is 0.207. The van der Waals surface area contributed by atoms with Crippen molar-refractivity contribution < 1.29 is 4.57 Å². The molecule has 0 saturated carbocycles. The Morgan fingerprint density at radius 1 is 1.19 bits per heavy atom. The molecule has 0 amide bonds. The van der Waals surface area contributed by atoms with E-state index in [9.17, 15) is 4.57 Å². The quantitative estimate of drug-likeness (QED) is 0.595. The number of hydrogen-bond acceptors (Lipinski definition) is 1. The number of halogens is 1. The Labute approximate surface area is 107 Å². The van der Waals surface area contributed by atoms with Crippen molar-refractivity contribution in [3.63, 3.8) is 0 Å². The summed E-state index contributed by atoms with van der Waals surface area (Å²) in [4.78, 5) is 0. The minimum Gasteiger partial charge on any atom is -0.318 e. The summed E-state index contributed by atoms with van der Waals surface area (Å²) in [6.07, 6.45) is 0. The van der Waals surface area contributed by atoms with Crippen molar-refractivity contribution in [1.29, 1.82) is 0 Å². The molecule has 0 aromatic heterocycles. The van der Waals surface area contributed by atoms with Crippen LogP contribution in [0.4, 0.5) is 0 Å². The van der Waals surface area contributed by atoms with Crippen molar-refractivity contribution in [2.75, 3.05) is 0 Å². The molecule has 0 atom stereocenters. The van der Waals surface area contributed by atoms with Gasteiger partial charge in [0.15, 0.2) is 0 Å². The van der Waals surface area contributed by atoms with Crippen LogP contribution >= 0.6 is 23.1 Å². The molecule has 1 aromatic rings. The van der Waals surface area contributed by atoms with Gasteiger partial charge in [-0.2, -0.15) is 0 Å². The van der Waals surface area contributed by atoms with Crippen molar-refractivity contribution in [3.8, 4) is 0 Å². The molecule has 0 aliphatic carbocycles. The smallest absolute Gasteiger partial charge is 0.120 e. The van der Waals surface area contributed by atoms with Crippen LogP contribution in [0.2, 0.25) is 0 Å². The van der Waals surface area contributed by atoms with Crippen LogP contribution in [0.25, 0.3) is 0 Å². The Kier molecular flexibility index (Phi) is 4.82. The Hall–Kier alpha value is -0.0700. The summed E-state index contributed by atoms with van der Waals surface area (Å²) < 4.78 is 13.1. The summed E-state index contributed by atoms with van der Waals surface area (Å²) in [6, 6.07) is 8.15. The van der Waals surface area contributed by atoms with Crippen molar-refractivity contribution in [1.82, 2.24) is 0 Å². The second-order valence-corrected chi connectivity index (χ2v) is 9.26. The molecule has 1 rings (SSSR count). The molecule has 0 radical (unpaired) electrons. The molecule has 3 heteroatoms. The first-order valence-corrected chi connectivity index (χ1v) is 8.64. The summed E-state index contributed by atoms with van der Waals surface area (Å²) >= 11 is 3.44. The number of hydrogen-bond donors (Lipinski definition) is 0. The van der Waals surface area contributed by atoms with Crippen LogP contribution in [0.5, 0.6) is 0 Å². The maximum Gasteiger partial charge on any atom is 0.120 e. The first-order valence-electron chi connectivity index (χ1n) is 5.67. The molecule has 0 fully saturated rings. The van der Waals surface area contributed by atoms with E-state index in [0.29, 0.717) is 0 Å². The Morgan fingerprint density at radius 3 is 2.19 bits per heavy atom. The van der Waals surface area contributed by atoms with Gasteiger partial charge in [0.25, 0.3) is 0 Å². The van der Waals surface area contributed by atoms with Crippen molar-refractivity contribution in [2.24, 2.45) is 0 Å². The fourth-order valence-electron chi connectivity index (χ4n) is 2.05. The average Bonchev–Trinajstić information content (AvgIpc) is 2.27. The van der Waals surface area contributed by atoms with E-state index in [-0.39, 0.29) is 11.3 Å². The second-order valence-electron chi connectivity index (χ2n) is 4.70. The highest BCUT2D eigenvalue weighted by Crippen LogP contribution is 2.53. The minimum atomic E-state index is -2.28. The lowest BCUT2D eigenvalue weighted by atomic mass is 10.2. The molecule has 16 heavy (non-hydrogen) atoms. The molecule has 0 aliphatic rings. The zero-order valence-corrected chi connectivity index (χ0v) is 12.9. The number of alkyl halides is 1. The standard InChI is InChI=1S/C13H20BrOP/c1-10(2)16(15,11(3)4)13-7-5-6-12(8-13)9-14/h5-8,10-11H,9H2,1-4H3. The number of rotatable bonds is 4. The molecule has 1 nitrogen and oxygen atoms in total. The molecule has 0 aliphatic heterocycles. The molecule has 0 heterocycles. The maximum absolute atomic E-state index is 13.1. The van der Waals surface area contributed by atoms with Gasteiger partial charge in [-0.25, -0.2) is 0 Å². The average molecular weight is 303 g/mol. The topological polar surface area (TPSA) is 17.1 Å². The lowest BCUT2D eigenvalue weighted by Gasteiger charge is -2.26. The normalized spacial score (nSPS) is 12.4. The fourth-order valence-corrected chi connectivity index (χ4v) is 5.47. The lowest BCUT2D eigenvalue weighted by Crippen LogP contribution is -2.19. The highest BCUT2D eigenvalue weighted by molar-refractivity contribution is 9.08. The van der Waals surface area contributed by atoms with Crippen molar-refractivity contribution in [3.05, 3.63) is 29.8 Å². The van der Waals surface area contributed by atoms with Crippen LogP contribution in [0.1, 0.15) is 33.3 Å². The summed E-state index contributed by atoms with van der Waals surface area (Å²) in [5.41, 5.74) is 1.61. The monoisotopic (exact) mass is 302 g/mol. The van der Waals surface area contributed by atoms with Gasteiger partial charge in [-0.1, -0.05) is 61.8 Å². The third-order valence-electron chi connectivity index (χ3n) is 3.00. The van der Waals surface area contributed by atoms with E-state index < -0.39 is 7.14 Å². The molecule has 0 bridgehead atoms. The van der Waals surface area contributed by atoms with Gasteiger partial charge in [-0.05, 0) is 11.6 Å². The summed E-state index contributed by atoms with van der Waals surface area (Å²) in [6.45, 7) is 8.23. The SMILES string of the molecule is CC(C)P(=O)(c1cccc(CBr)c1)C(C)C. The van der Waals surface area contributed by atoms with Gasteiger partial charge in [-0.3, -0.25) is 0 Å². The predicted octanol–water partition coefficient (Wildman–Crippen LogP) is 4.39. The van der Waals surface area contributed by atoms with E-state index in [4.69, 9.17) is 0 Å². The van der Waals surface area contributed by atoms with Gasteiger partial charge < -0.3 is 4.57 Å². The zero-order chi connectivity index (χ0) is 12.3. The zero-order valence-electron chi connectivity index (χ0n) is 10.4. The molecular formula is C13H20BrOP. The van der Waals surface area contributed by atoms with Crippen LogP contribution in [0.15, 0.2) is 24.3 Å². The van der Waals surface area contributed by atoms with Crippen LogP contribution in [0, 0.1) is 0 Å². The Bertz CT molecular complexity index is 387. The summed E-state index contributed by atoms with van der Waals surface area (Å²) in [5.74, 6) is 0. The van der Waals surface area contributed by atoms with Crippen LogP contribution in [-0.2, 0) is 9.90 Å². The highest BCUT2D eigenvalue weighted by atomic mass is 79.9. The van der Waals surface area contributed by atoms with Crippen molar-refractivity contribution in [2.45, 2.75) is 44.3 Å². The van der Waals surface area contributed by atoms with E-state index >= 15 is 0 Å². The first kappa shape index (κ1) is 14.0. The lowest BCUT2D eigenvalue weighted by molar-refractivity contribution is 0.569. The van der Waals surface area contributed by atoms with Crippen molar-refractivity contribution >= 4 is 28.4 Å². The fraction of sp³-hybridized carbons (Fsp3) is 0.538. The summed E-state index contributed by atoms with van der Waals surface area (Å²) in [5, 5.41) is 1.84. The first-order chi connectivity index (χ1) is 7.42. The van der Waals surface area contributed by atoms with E-state index in [2.05, 4.69) is 55.8 Å². The molecule has 0 spiro atoms. The molecule has 0 unspecified atom stereocenters. The summed E-state index contributed by atoms with van der Waals surface area (Å²) in [7, 11) is -2.28. The predicted molar refractivity (Wildman–Crippen MR) is 76.6 cm³/mol. The van der Waals surface area contributed by atoms with E-state index in [1.54, 1.807) is 0 Å². The van der Waals surface area contributed by atoms with Gasteiger partial charge in [0, 0.05) is 22.0 Å². The van der Waals surface area contributed by atoms with Crippen LogP contribution in [-0.4, -0.2) is 11.3 Å². The van der Waals surface area contributed by atoms with Gasteiger partial charge in [0.1, 0.15) is 7.14 Å². The molecule has 0 N–H and O–H groups in total. The van der Waals surface area contributed by atoms with Crippen LogP contribution < -0.4 is 5.30 Å². The van der Waals surface area contributed by atoms with Gasteiger partial charge in [0.2, 0.25) is 0 Å². The van der Waals surface area contributed by atoms with Gasteiger partial charge in [0.05, 0.1) is 0 Å². The van der Waals surface area contributed by atoms with Crippen LogP contribution in [0.3, 0.4) is 0 Å². The van der Waals surface area contributed by atoms with E-state index in [1.165, 1.54) is 5.56 Å². The van der Waals surface area contributed by atoms with Gasteiger partial charge >= 0.3 is 0 Å². The molecular weight excluding hydrogens is 283 g/mol. The number of benzene rings is 1. The van der Waals surface area contributed by atoms with E-state index in [0.717, 1.165) is 10.6 Å². The largest absolute Gasteiger partial charge is 0.318 e. The third kappa shape index (κ3) is 2.60. The highest BCUT2D eigenvalue weighted by Gasteiger charge is 2.32. The maximum atomic E-state index is 13.1. The Balaban J connectivity index is 3.27. The molecule has 1 aromatic carbocycles. The van der Waals surface area contributed by atoms with E-state index in [1.807, 2.05) is 12.1 Å². The third-order valence-corrected chi connectivity index (χ3v) is 7.80. The van der Waals surface area contributed by atoms with Gasteiger partial charge in [-0.15, -0.1) is 0 Å². The Morgan fingerprint density at radius 2 is 1.75 bits per heavy atom. The molecule has 90 valence electrons.